The third-order valence-electron chi connectivity index (χ3n) is 4.68. The van der Waals surface area contributed by atoms with E-state index in [-0.39, 0.29) is 18.0 Å². The van der Waals surface area contributed by atoms with Gasteiger partial charge in [-0.1, -0.05) is 12.1 Å². The van der Waals surface area contributed by atoms with Crippen molar-refractivity contribution in [1.29, 1.82) is 0 Å². The highest BCUT2D eigenvalue weighted by Gasteiger charge is 2.26. The van der Waals surface area contributed by atoms with Crippen LogP contribution in [-0.4, -0.2) is 49.8 Å². The second-order valence-corrected chi connectivity index (χ2v) is 7.08. The number of anilines is 1. The lowest BCUT2D eigenvalue weighted by Gasteiger charge is -2.21. The molecule has 1 aromatic carbocycles. The molecule has 3 rings (SSSR count). The van der Waals surface area contributed by atoms with Crippen molar-refractivity contribution < 1.29 is 9.13 Å². The van der Waals surface area contributed by atoms with E-state index >= 15 is 0 Å². The van der Waals surface area contributed by atoms with E-state index in [4.69, 9.17) is 4.74 Å². The number of guanidine groups is 1. The molecule has 150 valence electrons. The molecule has 1 aliphatic heterocycles. The van der Waals surface area contributed by atoms with E-state index in [2.05, 4.69) is 20.6 Å². The highest BCUT2D eigenvalue weighted by atomic mass is 19.1. The second-order valence-electron chi connectivity index (χ2n) is 7.08. The van der Waals surface area contributed by atoms with E-state index in [1.54, 1.807) is 19.3 Å². The number of hydrogen-bond acceptors (Lipinski definition) is 4. The van der Waals surface area contributed by atoms with Gasteiger partial charge >= 0.3 is 0 Å². The van der Waals surface area contributed by atoms with E-state index < -0.39 is 0 Å². The summed E-state index contributed by atoms with van der Waals surface area (Å²) in [7, 11) is 1.74. The van der Waals surface area contributed by atoms with E-state index in [1.165, 1.54) is 11.6 Å². The Morgan fingerprint density at radius 3 is 3.00 bits per heavy atom. The van der Waals surface area contributed by atoms with Gasteiger partial charge in [-0.05, 0) is 50.1 Å². The molecule has 0 amide bonds. The zero-order valence-electron chi connectivity index (χ0n) is 16.7. The molecule has 2 atom stereocenters. The number of aromatic nitrogens is 1. The van der Waals surface area contributed by atoms with E-state index in [0.717, 1.165) is 18.7 Å². The van der Waals surface area contributed by atoms with Crippen molar-refractivity contribution in [2.75, 3.05) is 31.6 Å². The van der Waals surface area contributed by atoms with Crippen molar-refractivity contribution in [2.45, 2.75) is 32.4 Å². The van der Waals surface area contributed by atoms with Crippen LogP contribution >= 0.6 is 0 Å². The van der Waals surface area contributed by atoms with Gasteiger partial charge in [-0.2, -0.15) is 0 Å². The topological polar surface area (TPSA) is 61.8 Å². The summed E-state index contributed by atoms with van der Waals surface area (Å²) in [6.07, 6.45) is 2.50. The number of pyridine rings is 1. The summed E-state index contributed by atoms with van der Waals surface area (Å²) in [6.45, 7) is 6.13. The lowest BCUT2D eigenvalue weighted by Crippen LogP contribution is -2.47. The van der Waals surface area contributed by atoms with Crippen LogP contribution in [0, 0.1) is 12.7 Å². The Morgan fingerprint density at radius 2 is 2.25 bits per heavy atom. The molecule has 2 N–H and O–H groups in total. The molecule has 7 heteroatoms. The van der Waals surface area contributed by atoms with Crippen molar-refractivity contribution in [3.63, 3.8) is 0 Å². The molecule has 6 nitrogen and oxygen atoms in total. The summed E-state index contributed by atoms with van der Waals surface area (Å²) in [5, 5.41) is 6.71. The van der Waals surface area contributed by atoms with Crippen LogP contribution in [0.4, 0.5) is 10.2 Å². The molecule has 1 fully saturated rings. The summed E-state index contributed by atoms with van der Waals surface area (Å²) in [5.74, 6) is 1.71. The molecule has 1 aromatic heterocycles. The Kier molecular flexibility index (Phi) is 6.68. The van der Waals surface area contributed by atoms with Crippen LogP contribution in [0.3, 0.4) is 0 Å². The molecule has 28 heavy (non-hydrogen) atoms. The van der Waals surface area contributed by atoms with Crippen molar-refractivity contribution >= 4 is 11.8 Å². The Morgan fingerprint density at radius 1 is 1.39 bits per heavy atom. The lowest BCUT2D eigenvalue weighted by atomic mass is 10.2. The number of nitrogens with zero attached hydrogens (tertiary/aromatic N) is 3. The molecule has 0 aliphatic carbocycles. The van der Waals surface area contributed by atoms with Gasteiger partial charge in [-0.15, -0.1) is 0 Å². The van der Waals surface area contributed by atoms with E-state index in [0.29, 0.717) is 24.9 Å². The van der Waals surface area contributed by atoms with Crippen molar-refractivity contribution in [3.05, 3.63) is 54.0 Å². The Bertz CT molecular complexity index is 813. The SMILES string of the molecule is CN=C(NCC(C)Oc1cccc(C)c1)NC1CCN(c2ncccc2F)C1. The fourth-order valence-electron chi connectivity index (χ4n) is 3.27. The van der Waals surface area contributed by atoms with Gasteiger partial charge in [0, 0.05) is 32.4 Å². The normalized spacial score (nSPS) is 18.1. The maximum Gasteiger partial charge on any atom is 0.191 e. The molecule has 2 aromatic rings. The van der Waals surface area contributed by atoms with Crippen molar-refractivity contribution in [1.82, 2.24) is 15.6 Å². The van der Waals surface area contributed by atoms with Gasteiger partial charge in [0.2, 0.25) is 0 Å². The van der Waals surface area contributed by atoms with E-state index in [1.807, 2.05) is 43.0 Å². The van der Waals surface area contributed by atoms with Gasteiger partial charge in [-0.25, -0.2) is 9.37 Å². The van der Waals surface area contributed by atoms with Crippen LogP contribution < -0.4 is 20.3 Å². The zero-order chi connectivity index (χ0) is 19.9. The maximum atomic E-state index is 13.9. The van der Waals surface area contributed by atoms with Gasteiger partial charge in [0.1, 0.15) is 11.9 Å². The number of rotatable bonds is 6. The number of nitrogens with one attached hydrogen (secondary N) is 2. The first-order chi connectivity index (χ1) is 13.5. The lowest BCUT2D eigenvalue weighted by molar-refractivity contribution is 0.223. The first-order valence-electron chi connectivity index (χ1n) is 9.61. The molecular formula is C21H28FN5O. The smallest absolute Gasteiger partial charge is 0.191 e. The van der Waals surface area contributed by atoms with Crippen LogP contribution in [0.15, 0.2) is 47.6 Å². The number of benzene rings is 1. The molecule has 2 unspecified atom stereocenters. The van der Waals surface area contributed by atoms with Crippen LogP contribution in [0.5, 0.6) is 5.75 Å². The molecule has 2 heterocycles. The molecule has 1 aliphatic rings. The van der Waals surface area contributed by atoms with Gasteiger partial charge in [0.25, 0.3) is 0 Å². The molecule has 0 bridgehead atoms. The first kappa shape index (κ1) is 19.9. The minimum Gasteiger partial charge on any atom is -0.489 e. The quantitative estimate of drug-likeness (QED) is 0.591. The monoisotopic (exact) mass is 385 g/mol. The van der Waals surface area contributed by atoms with Gasteiger partial charge in [0.05, 0.1) is 6.54 Å². The van der Waals surface area contributed by atoms with Crippen LogP contribution in [-0.2, 0) is 0 Å². The predicted molar refractivity (Wildman–Crippen MR) is 111 cm³/mol. The number of ether oxygens (including phenoxy) is 1. The Hall–Kier alpha value is -2.83. The Balaban J connectivity index is 1.46. The minimum atomic E-state index is -0.284. The summed E-state index contributed by atoms with van der Waals surface area (Å²) in [5.41, 5.74) is 1.17. The first-order valence-corrected chi connectivity index (χ1v) is 9.61. The molecule has 0 saturated carbocycles. The largest absolute Gasteiger partial charge is 0.489 e. The molecule has 0 spiro atoms. The summed E-state index contributed by atoms with van der Waals surface area (Å²) >= 11 is 0. The van der Waals surface area contributed by atoms with Gasteiger partial charge in [-0.3, -0.25) is 4.99 Å². The van der Waals surface area contributed by atoms with Crippen LogP contribution in [0.2, 0.25) is 0 Å². The third kappa shape index (κ3) is 5.34. The predicted octanol–water partition coefficient (Wildman–Crippen LogP) is 2.74. The molecule has 1 saturated heterocycles. The van der Waals surface area contributed by atoms with E-state index in [9.17, 15) is 4.39 Å². The van der Waals surface area contributed by atoms with Gasteiger partial charge < -0.3 is 20.3 Å². The fourth-order valence-corrected chi connectivity index (χ4v) is 3.27. The Labute approximate surface area is 165 Å². The van der Waals surface area contributed by atoms with Crippen LogP contribution in [0.25, 0.3) is 0 Å². The maximum absolute atomic E-state index is 13.9. The highest BCUT2D eigenvalue weighted by Crippen LogP contribution is 2.20. The number of aryl methyl sites for hydroxylation is 1. The number of halogens is 1. The van der Waals surface area contributed by atoms with Gasteiger partial charge in [0.15, 0.2) is 17.6 Å². The number of aliphatic imine (C=N–C) groups is 1. The summed E-state index contributed by atoms with van der Waals surface area (Å²) < 4.78 is 19.9. The number of hydrogen-bond donors (Lipinski definition) is 2. The summed E-state index contributed by atoms with van der Waals surface area (Å²) in [4.78, 5) is 10.4. The van der Waals surface area contributed by atoms with Crippen LogP contribution in [0.1, 0.15) is 18.9 Å². The van der Waals surface area contributed by atoms with Crippen molar-refractivity contribution in [2.24, 2.45) is 4.99 Å². The standard InChI is InChI=1S/C21H28FN5O/c1-15-6-4-7-18(12-15)28-16(2)13-25-21(23-3)26-17-9-11-27(14-17)20-19(22)8-5-10-24-20/h4-8,10,12,16-17H,9,11,13-14H2,1-3H3,(H2,23,25,26). The zero-order valence-corrected chi connectivity index (χ0v) is 16.7. The molecular weight excluding hydrogens is 357 g/mol. The average Bonchev–Trinajstić information content (AvgIpc) is 3.13. The fraction of sp³-hybridized carbons (Fsp3) is 0.429. The average molecular weight is 385 g/mol. The highest BCUT2D eigenvalue weighted by molar-refractivity contribution is 5.80. The third-order valence-corrected chi connectivity index (χ3v) is 4.68. The summed E-state index contributed by atoms with van der Waals surface area (Å²) in [6, 6.07) is 11.2. The second kappa shape index (κ2) is 9.39. The minimum absolute atomic E-state index is 0.0111. The molecule has 0 radical (unpaired) electrons. The van der Waals surface area contributed by atoms with Crippen molar-refractivity contribution in [3.8, 4) is 5.75 Å².